The third-order valence-corrected chi connectivity index (χ3v) is 4.21. The number of nitrogens with zero attached hydrogens (tertiary/aromatic N) is 1. The number of methoxy groups -OCH3 is 2. The standard InChI is InChI=1S/C16H29N3O2/c1-7-19(8-2)16(3,4)15(18-17)14-12(20-5)10-9-11-13(14)21-6/h9-11,15,18H,7-8,17H2,1-6H3. The highest BCUT2D eigenvalue weighted by Gasteiger charge is 2.37. The minimum Gasteiger partial charge on any atom is -0.496 e. The summed E-state index contributed by atoms with van der Waals surface area (Å²) in [6, 6.07) is 5.66. The highest BCUT2D eigenvalue weighted by Crippen LogP contribution is 2.40. The van der Waals surface area contributed by atoms with E-state index in [1.807, 2.05) is 18.2 Å². The lowest BCUT2D eigenvalue weighted by Crippen LogP contribution is -2.54. The van der Waals surface area contributed by atoms with Gasteiger partial charge in [-0.1, -0.05) is 19.9 Å². The predicted octanol–water partition coefficient (Wildman–Crippen LogP) is 2.33. The van der Waals surface area contributed by atoms with Crippen LogP contribution in [-0.2, 0) is 0 Å². The summed E-state index contributed by atoms with van der Waals surface area (Å²) in [6.07, 6.45) is 0. The highest BCUT2D eigenvalue weighted by atomic mass is 16.5. The number of rotatable bonds is 8. The van der Waals surface area contributed by atoms with E-state index in [1.54, 1.807) is 14.2 Å². The summed E-state index contributed by atoms with van der Waals surface area (Å²) in [4.78, 5) is 2.36. The Morgan fingerprint density at radius 1 is 1.14 bits per heavy atom. The Kier molecular flexibility index (Phi) is 6.45. The van der Waals surface area contributed by atoms with E-state index in [0.717, 1.165) is 30.2 Å². The molecule has 0 amide bonds. The van der Waals surface area contributed by atoms with Crippen LogP contribution in [0.5, 0.6) is 11.5 Å². The molecule has 0 saturated carbocycles. The van der Waals surface area contributed by atoms with E-state index < -0.39 is 0 Å². The SMILES string of the molecule is CCN(CC)C(C)(C)C(NN)c1c(OC)cccc1OC. The maximum absolute atomic E-state index is 5.90. The van der Waals surface area contributed by atoms with Gasteiger partial charge in [-0.05, 0) is 39.1 Å². The minimum atomic E-state index is -0.194. The Morgan fingerprint density at radius 2 is 1.62 bits per heavy atom. The van der Waals surface area contributed by atoms with E-state index in [1.165, 1.54) is 0 Å². The number of nitrogens with two attached hydrogens (primary N) is 1. The molecule has 0 aliphatic heterocycles. The summed E-state index contributed by atoms with van der Waals surface area (Å²) in [7, 11) is 3.33. The molecule has 1 aromatic rings. The van der Waals surface area contributed by atoms with E-state index in [-0.39, 0.29) is 11.6 Å². The molecule has 1 aromatic carbocycles. The van der Waals surface area contributed by atoms with Crippen LogP contribution < -0.4 is 20.7 Å². The number of likely N-dealkylation sites (N-methyl/N-ethyl adjacent to an activating group) is 1. The average Bonchev–Trinajstić information content (AvgIpc) is 2.48. The second-order valence-corrected chi connectivity index (χ2v) is 5.50. The Morgan fingerprint density at radius 3 is 1.95 bits per heavy atom. The van der Waals surface area contributed by atoms with E-state index in [0.29, 0.717) is 0 Å². The first kappa shape index (κ1) is 17.8. The van der Waals surface area contributed by atoms with Crippen molar-refractivity contribution >= 4 is 0 Å². The van der Waals surface area contributed by atoms with E-state index >= 15 is 0 Å². The Labute approximate surface area is 128 Å². The van der Waals surface area contributed by atoms with Crippen LogP contribution in [0.2, 0.25) is 0 Å². The van der Waals surface area contributed by atoms with Crippen LogP contribution in [0.3, 0.4) is 0 Å². The van der Waals surface area contributed by atoms with Gasteiger partial charge in [0.25, 0.3) is 0 Å². The topological polar surface area (TPSA) is 59.8 Å². The van der Waals surface area contributed by atoms with Crippen LogP contribution in [0.4, 0.5) is 0 Å². The van der Waals surface area contributed by atoms with Crippen molar-refractivity contribution in [1.29, 1.82) is 0 Å². The molecule has 0 aliphatic carbocycles. The summed E-state index contributed by atoms with van der Waals surface area (Å²) in [6.45, 7) is 10.5. The Hall–Kier alpha value is -1.30. The molecule has 0 aliphatic rings. The highest BCUT2D eigenvalue weighted by molar-refractivity contribution is 5.48. The lowest BCUT2D eigenvalue weighted by Gasteiger charge is -2.43. The molecule has 3 N–H and O–H groups in total. The van der Waals surface area contributed by atoms with Crippen molar-refractivity contribution < 1.29 is 9.47 Å². The van der Waals surface area contributed by atoms with Gasteiger partial charge in [0.2, 0.25) is 0 Å². The molecule has 21 heavy (non-hydrogen) atoms. The molecule has 0 radical (unpaired) electrons. The number of benzene rings is 1. The molecule has 0 saturated heterocycles. The van der Waals surface area contributed by atoms with Gasteiger partial charge in [-0.25, -0.2) is 0 Å². The number of hydrogen-bond acceptors (Lipinski definition) is 5. The van der Waals surface area contributed by atoms with Gasteiger partial charge >= 0.3 is 0 Å². The Balaban J connectivity index is 3.39. The third kappa shape index (κ3) is 3.48. The predicted molar refractivity (Wildman–Crippen MR) is 86.6 cm³/mol. The second-order valence-electron chi connectivity index (χ2n) is 5.50. The van der Waals surface area contributed by atoms with Gasteiger partial charge in [0.1, 0.15) is 11.5 Å². The van der Waals surface area contributed by atoms with Crippen LogP contribution >= 0.6 is 0 Å². The number of ether oxygens (including phenoxy) is 2. The van der Waals surface area contributed by atoms with Crippen molar-refractivity contribution in [3.8, 4) is 11.5 Å². The van der Waals surface area contributed by atoms with Crippen LogP contribution in [0.1, 0.15) is 39.3 Å². The van der Waals surface area contributed by atoms with Gasteiger partial charge in [0, 0.05) is 5.54 Å². The van der Waals surface area contributed by atoms with Crippen molar-refractivity contribution in [2.45, 2.75) is 39.3 Å². The molecule has 0 spiro atoms. The molecule has 0 bridgehead atoms. The van der Waals surface area contributed by atoms with Gasteiger partial charge in [0.15, 0.2) is 0 Å². The zero-order valence-electron chi connectivity index (χ0n) is 14.1. The maximum atomic E-state index is 5.90. The normalized spacial score (nSPS) is 13.3. The average molecular weight is 295 g/mol. The molecule has 1 unspecified atom stereocenters. The monoisotopic (exact) mass is 295 g/mol. The van der Waals surface area contributed by atoms with Gasteiger partial charge in [-0.2, -0.15) is 0 Å². The lowest BCUT2D eigenvalue weighted by molar-refractivity contribution is 0.0889. The first-order valence-electron chi connectivity index (χ1n) is 7.39. The minimum absolute atomic E-state index is 0.122. The number of hydrazine groups is 1. The van der Waals surface area contributed by atoms with Gasteiger partial charge in [0.05, 0.1) is 25.8 Å². The van der Waals surface area contributed by atoms with E-state index in [9.17, 15) is 0 Å². The summed E-state index contributed by atoms with van der Waals surface area (Å²) in [5.74, 6) is 7.45. The summed E-state index contributed by atoms with van der Waals surface area (Å²) < 4.78 is 11.0. The molecular formula is C16H29N3O2. The first-order valence-corrected chi connectivity index (χ1v) is 7.39. The van der Waals surface area contributed by atoms with Gasteiger partial charge in [-0.3, -0.25) is 16.2 Å². The summed E-state index contributed by atoms with van der Waals surface area (Å²) in [5, 5.41) is 0. The zero-order chi connectivity index (χ0) is 16.0. The van der Waals surface area contributed by atoms with Crippen molar-refractivity contribution in [3.63, 3.8) is 0 Å². The molecule has 0 heterocycles. The quantitative estimate of drug-likeness (QED) is 0.569. The fraction of sp³-hybridized carbons (Fsp3) is 0.625. The molecule has 120 valence electrons. The zero-order valence-corrected chi connectivity index (χ0v) is 14.1. The van der Waals surface area contributed by atoms with E-state index in [4.69, 9.17) is 15.3 Å². The summed E-state index contributed by atoms with van der Waals surface area (Å²) >= 11 is 0. The van der Waals surface area contributed by atoms with Crippen LogP contribution in [0.25, 0.3) is 0 Å². The fourth-order valence-electron chi connectivity index (χ4n) is 3.03. The van der Waals surface area contributed by atoms with Crippen LogP contribution in [0.15, 0.2) is 18.2 Å². The molecule has 1 atom stereocenters. The first-order chi connectivity index (χ1) is 9.97. The fourth-order valence-corrected chi connectivity index (χ4v) is 3.03. The molecular weight excluding hydrogens is 266 g/mol. The maximum Gasteiger partial charge on any atom is 0.127 e. The van der Waals surface area contributed by atoms with Crippen LogP contribution in [-0.4, -0.2) is 37.7 Å². The number of hydrogen-bond donors (Lipinski definition) is 2. The van der Waals surface area contributed by atoms with Crippen LogP contribution in [0, 0.1) is 0 Å². The van der Waals surface area contributed by atoms with Gasteiger partial charge < -0.3 is 9.47 Å². The molecule has 0 fully saturated rings. The Bertz CT molecular complexity index is 423. The molecule has 5 heteroatoms. The van der Waals surface area contributed by atoms with Crippen molar-refractivity contribution in [1.82, 2.24) is 10.3 Å². The molecule has 1 rings (SSSR count). The third-order valence-electron chi connectivity index (χ3n) is 4.21. The van der Waals surface area contributed by atoms with E-state index in [2.05, 4.69) is 38.0 Å². The summed E-state index contributed by atoms with van der Waals surface area (Å²) in [5.41, 5.74) is 3.71. The largest absolute Gasteiger partial charge is 0.496 e. The lowest BCUT2D eigenvalue weighted by atomic mass is 9.86. The van der Waals surface area contributed by atoms with Crippen molar-refractivity contribution in [2.24, 2.45) is 5.84 Å². The molecule has 0 aromatic heterocycles. The second kappa shape index (κ2) is 7.64. The van der Waals surface area contributed by atoms with Gasteiger partial charge in [-0.15, -0.1) is 0 Å². The van der Waals surface area contributed by atoms with Crippen molar-refractivity contribution in [2.75, 3.05) is 27.3 Å². The molecule has 5 nitrogen and oxygen atoms in total. The van der Waals surface area contributed by atoms with Crippen molar-refractivity contribution in [3.05, 3.63) is 23.8 Å². The smallest absolute Gasteiger partial charge is 0.127 e. The number of nitrogens with one attached hydrogen (secondary N) is 1.